The van der Waals surface area contributed by atoms with Gasteiger partial charge in [-0.25, -0.2) is 9.97 Å². The lowest BCUT2D eigenvalue weighted by molar-refractivity contribution is 0.0943. The Balaban J connectivity index is 1.97. The molecule has 0 aliphatic rings. The van der Waals surface area contributed by atoms with E-state index in [0.717, 1.165) is 12.0 Å². The lowest BCUT2D eigenvalue weighted by Gasteiger charge is -2.17. The van der Waals surface area contributed by atoms with Crippen molar-refractivity contribution in [3.63, 3.8) is 0 Å². The van der Waals surface area contributed by atoms with Crippen LogP contribution in [0.4, 0.5) is 5.95 Å². The van der Waals surface area contributed by atoms with E-state index < -0.39 is 0 Å². The van der Waals surface area contributed by atoms with Crippen LogP contribution < -0.4 is 10.2 Å². The number of hydrogen-bond donors (Lipinski definition) is 1. The van der Waals surface area contributed by atoms with Gasteiger partial charge in [-0.3, -0.25) is 4.79 Å². The number of anilines is 1. The van der Waals surface area contributed by atoms with E-state index in [1.807, 2.05) is 42.3 Å². The van der Waals surface area contributed by atoms with Crippen LogP contribution in [0.3, 0.4) is 0 Å². The largest absolute Gasteiger partial charge is 0.385 e. The van der Waals surface area contributed by atoms with E-state index in [1.54, 1.807) is 19.4 Å². The molecule has 1 amide bonds. The third-order valence-corrected chi connectivity index (χ3v) is 3.29. The number of methoxy groups -OCH3 is 1. The first-order chi connectivity index (χ1) is 11.2. The summed E-state index contributed by atoms with van der Waals surface area (Å²) in [6.45, 7) is 1.86. The summed E-state index contributed by atoms with van der Waals surface area (Å²) < 4.78 is 4.95. The maximum atomic E-state index is 12.1. The highest BCUT2D eigenvalue weighted by Gasteiger charge is 2.11. The highest BCUT2D eigenvalue weighted by atomic mass is 16.5. The average molecular weight is 314 g/mol. The van der Waals surface area contributed by atoms with Crippen LogP contribution in [0.25, 0.3) is 0 Å². The zero-order valence-corrected chi connectivity index (χ0v) is 13.5. The van der Waals surface area contributed by atoms with E-state index in [2.05, 4.69) is 15.3 Å². The summed E-state index contributed by atoms with van der Waals surface area (Å²) in [5.41, 5.74) is 1.53. The maximum Gasteiger partial charge on any atom is 0.270 e. The minimum Gasteiger partial charge on any atom is -0.385 e. The molecule has 1 aromatic carbocycles. The molecule has 0 bridgehead atoms. The van der Waals surface area contributed by atoms with Gasteiger partial charge in [0.25, 0.3) is 5.91 Å². The summed E-state index contributed by atoms with van der Waals surface area (Å²) in [7, 11) is 3.55. The van der Waals surface area contributed by atoms with Crippen LogP contribution >= 0.6 is 0 Å². The second-order valence-electron chi connectivity index (χ2n) is 5.19. The van der Waals surface area contributed by atoms with Crippen LogP contribution in [0, 0.1) is 0 Å². The molecule has 0 aliphatic carbocycles. The monoisotopic (exact) mass is 314 g/mol. The smallest absolute Gasteiger partial charge is 0.270 e. The first-order valence-corrected chi connectivity index (χ1v) is 7.56. The second kappa shape index (κ2) is 8.85. The van der Waals surface area contributed by atoms with E-state index in [1.165, 1.54) is 0 Å². The molecule has 0 radical (unpaired) electrons. The van der Waals surface area contributed by atoms with Gasteiger partial charge in [-0.05, 0) is 18.1 Å². The molecule has 2 rings (SSSR count). The SMILES string of the molecule is COCCCNC(=O)c1ccnc(N(C)Cc2ccccc2)n1. The van der Waals surface area contributed by atoms with Crippen LogP contribution in [-0.2, 0) is 11.3 Å². The number of rotatable bonds is 8. The number of carbonyl (C=O) groups excluding carboxylic acids is 1. The summed E-state index contributed by atoms with van der Waals surface area (Å²) in [6.07, 6.45) is 2.38. The van der Waals surface area contributed by atoms with Crippen molar-refractivity contribution in [1.29, 1.82) is 0 Å². The van der Waals surface area contributed by atoms with E-state index in [4.69, 9.17) is 4.74 Å². The van der Waals surface area contributed by atoms with Crippen LogP contribution in [0.2, 0.25) is 0 Å². The minimum atomic E-state index is -0.196. The third kappa shape index (κ3) is 5.34. The molecule has 0 fully saturated rings. The fraction of sp³-hybridized carbons (Fsp3) is 0.353. The standard InChI is InChI=1S/C17H22N4O2/c1-21(13-14-7-4-3-5-8-14)17-19-11-9-15(20-17)16(22)18-10-6-12-23-2/h3-5,7-9,11H,6,10,12-13H2,1-2H3,(H,18,22). The Hall–Kier alpha value is -2.47. The van der Waals surface area contributed by atoms with E-state index in [0.29, 0.717) is 31.3 Å². The molecule has 1 N–H and O–H groups in total. The highest BCUT2D eigenvalue weighted by Crippen LogP contribution is 2.10. The van der Waals surface area contributed by atoms with Crippen LogP contribution in [0.1, 0.15) is 22.5 Å². The number of ether oxygens (including phenoxy) is 1. The number of carbonyl (C=O) groups is 1. The molecule has 1 heterocycles. The summed E-state index contributed by atoms with van der Waals surface area (Å²) in [6, 6.07) is 11.7. The second-order valence-corrected chi connectivity index (χ2v) is 5.19. The molecule has 0 spiro atoms. The normalized spacial score (nSPS) is 10.3. The van der Waals surface area contributed by atoms with Crippen LogP contribution in [0.5, 0.6) is 0 Å². The fourth-order valence-electron chi connectivity index (χ4n) is 2.10. The Morgan fingerprint density at radius 1 is 1.26 bits per heavy atom. The lowest BCUT2D eigenvalue weighted by Crippen LogP contribution is -2.27. The first-order valence-electron chi connectivity index (χ1n) is 7.56. The molecule has 6 heteroatoms. The number of nitrogens with one attached hydrogen (secondary N) is 1. The van der Waals surface area contributed by atoms with Gasteiger partial charge in [0.05, 0.1) is 0 Å². The molecule has 6 nitrogen and oxygen atoms in total. The maximum absolute atomic E-state index is 12.1. The summed E-state index contributed by atoms with van der Waals surface area (Å²) in [4.78, 5) is 22.6. The quantitative estimate of drug-likeness (QED) is 0.754. The fourth-order valence-corrected chi connectivity index (χ4v) is 2.10. The minimum absolute atomic E-state index is 0.196. The van der Waals surface area contributed by atoms with Crippen molar-refractivity contribution in [2.45, 2.75) is 13.0 Å². The van der Waals surface area contributed by atoms with Crippen molar-refractivity contribution in [2.24, 2.45) is 0 Å². The third-order valence-electron chi connectivity index (χ3n) is 3.29. The molecule has 0 saturated carbocycles. The predicted molar refractivity (Wildman–Crippen MR) is 89.4 cm³/mol. The van der Waals surface area contributed by atoms with Gasteiger partial charge in [0, 0.05) is 40.1 Å². The molecule has 1 aromatic heterocycles. The molecule has 122 valence electrons. The zero-order chi connectivity index (χ0) is 16.5. The Morgan fingerprint density at radius 2 is 2.04 bits per heavy atom. The molecular weight excluding hydrogens is 292 g/mol. The van der Waals surface area contributed by atoms with Gasteiger partial charge in [0.15, 0.2) is 0 Å². The molecule has 2 aromatic rings. The summed E-state index contributed by atoms with van der Waals surface area (Å²) in [5, 5.41) is 2.82. The van der Waals surface area contributed by atoms with Crippen LogP contribution in [0.15, 0.2) is 42.6 Å². The van der Waals surface area contributed by atoms with Crippen molar-refractivity contribution < 1.29 is 9.53 Å². The Bertz CT molecular complexity index is 619. The van der Waals surface area contributed by atoms with E-state index in [-0.39, 0.29) is 5.91 Å². The van der Waals surface area contributed by atoms with Crippen molar-refractivity contribution in [2.75, 3.05) is 32.2 Å². The summed E-state index contributed by atoms with van der Waals surface area (Å²) in [5.74, 6) is 0.330. The number of aromatic nitrogens is 2. The summed E-state index contributed by atoms with van der Waals surface area (Å²) >= 11 is 0. The average Bonchev–Trinajstić information content (AvgIpc) is 2.59. The van der Waals surface area contributed by atoms with Gasteiger partial charge in [0.2, 0.25) is 5.95 Å². The Kier molecular flexibility index (Phi) is 6.50. The molecule has 0 atom stereocenters. The van der Waals surface area contributed by atoms with Gasteiger partial charge < -0.3 is 15.0 Å². The molecular formula is C17H22N4O2. The number of benzene rings is 1. The molecule has 0 unspecified atom stereocenters. The van der Waals surface area contributed by atoms with Crippen molar-refractivity contribution in [3.05, 3.63) is 53.9 Å². The lowest BCUT2D eigenvalue weighted by atomic mass is 10.2. The first kappa shape index (κ1) is 16.9. The Labute approximate surface area is 136 Å². The van der Waals surface area contributed by atoms with Crippen molar-refractivity contribution >= 4 is 11.9 Å². The van der Waals surface area contributed by atoms with Gasteiger partial charge in [-0.15, -0.1) is 0 Å². The molecule has 0 aliphatic heterocycles. The van der Waals surface area contributed by atoms with E-state index in [9.17, 15) is 4.79 Å². The zero-order valence-electron chi connectivity index (χ0n) is 13.5. The Morgan fingerprint density at radius 3 is 2.78 bits per heavy atom. The highest BCUT2D eigenvalue weighted by molar-refractivity contribution is 5.92. The predicted octanol–water partition coefficient (Wildman–Crippen LogP) is 1.88. The number of amides is 1. The van der Waals surface area contributed by atoms with Gasteiger partial charge in [-0.2, -0.15) is 0 Å². The molecule has 0 saturated heterocycles. The van der Waals surface area contributed by atoms with Crippen molar-refractivity contribution in [1.82, 2.24) is 15.3 Å². The van der Waals surface area contributed by atoms with Gasteiger partial charge >= 0.3 is 0 Å². The number of nitrogens with zero attached hydrogens (tertiary/aromatic N) is 3. The van der Waals surface area contributed by atoms with Gasteiger partial charge in [0.1, 0.15) is 5.69 Å². The topological polar surface area (TPSA) is 67.3 Å². The van der Waals surface area contributed by atoms with Crippen molar-refractivity contribution in [3.8, 4) is 0 Å². The van der Waals surface area contributed by atoms with E-state index >= 15 is 0 Å². The molecule has 23 heavy (non-hydrogen) atoms. The van der Waals surface area contributed by atoms with Gasteiger partial charge in [-0.1, -0.05) is 30.3 Å². The van der Waals surface area contributed by atoms with Crippen LogP contribution in [-0.4, -0.2) is 43.2 Å². The number of hydrogen-bond acceptors (Lipinski definition) is 5.